The Labute approximate surface area is 166 Å². The SMILES string of the molecule is c1cc(-c2cc3nccn3c(Nc3cc(C4CC4)[nH]n3)n2)cc(-n2cccn2)c1. The van der Waals surface area contributed by atoms with Gasteiger partial charge in [0.25, 0.3) is 0 Å². The van der Waals surface area contributed by atoms with E-state index in [0.717, 1.165) is 28.4 Å². The number of aromatic amines is 1. The minimum Gasteiger partial charge on any atom is -0.308 e. The molecule has 8 heteroatoms. The summed E-state index contributed by atoms with van der Waals surface area (Å²) in [5.74, 6) is 2.06. The third kappa shape index (κ3) is 2.94. The van der Waals surface area contributed by atoms with Crippen molar-refractivity contribution in [2.45, 2.75) is 18.8 Å². The van der Waals surface area contributed by atoms with Crippen molar-refractivity contribution in [3.8, 4) is 16.9 Å². The molecule has 8 nitrogen and oxygen atoms in total. The lowest BCUT2D eigenvalue weighted by atomic mass is 10.1. The highest BCUT2D eigenvalue weighted by Gasteiger charge is 2.25. The maximum atomic E-state index is 4.86. The smallest absolute Gasteiger partial charge is 0.214 e. The Hall–Kier alpha value is -3.94. The van der Waals surface area contributed by atoms with Crippen LogP contribution in [0.25, 0.3) is 22.6 Å². The van der Waals surface area contributed by atoms with Gasteiger partial charge in [0.1, 0.15) is 5.65 Å². The Balaban J connectivity index is 1.41. The van der Waals surface area contributed by atoms with Crippen LogP contribution in [0.5, 0.6) is 0 Å². The number of hydrogen-bond acceptors (Lipinski definition) is 5. The van der Waals surface area contributed by atoms with Crippen molar-refractivity contribution in [2.24, 2.45) is 0 Å². The zero-order valence-corrected chi connectivity index (χ0v) is 15.5. The largest absolute Gasteiger partial charge is 0.308 e. The van der Waals surface area contributed by atoms with Gasteiger partial charge in [-0.2, -0.15) is 10.2 Å². The number of hydrogen-bond donors (Lipinski definition) is 2. The van der Waals surface area contributed by atoms with Gasteiger partial charge in [-0.25, -0.2) is 14.6 Å². The fourth-order valence-corrected chi connectivity index (χ4v) is 3.51. The van der Waals surface area contributed by atoms with Crippen LogP contribution in [0, 0.1) is 0 Å². The first-order valence-electron chi connectivity index (χ1n) is 9.60. The summed E-state index contributed by atoms with van der Waals surface area (Å²) < 4.78 is 3.76. The van der Waals surface area contributed by atoms with Crippen molar-refractivity contribution in [3.63, 3.8) is 0 Å². The molecular weight excluding hydrogens is 364 g/mol. The predicted molar refractivity (Wildman–Crippen MR) is 109 cm³/mol. The molecule has 4 heterocycles. The third-order valence-electron chi connectivity index (χ3n) is 5.16. The number of H-pyrrole nitrogens is 1. The van der Waals surface area contributed by atoms with Crippen molar-refractivity contribution in [1.29, 1.82) is 0 Å². The number of imidazole rings is 1. The molecule has 2 N–H and O–H groups in total. The molecule has 0 amide bonds. The zero-order chi connectivity index (χ0) is 19.2. The molecule has 0 radical (unpaired) electrons. The highest BCUT2D eigenvalue weighted by Crippen LogP contribution is 2.39. The van der Waals surface area contributed by atoms with Gasteiger partial charge in [0.15, 0.2) is 5.82 Å². The van der Waals surface area contributed by atoms with Crippen molar-refractivity contribution >= 4 is 17.4 Å². The zero-order valence-electron chi connectivity index (χ0n) is 15.5. The van der Waals surface area contributed by atoms with Crippen molar-refractivity contribution in [3.05, 3.63) is 72.9 Å². The van der Waals surface area contributed by atoms with E-state index in [1.807, 2.05) is 51.8 Å². The van der Waals surface area contributed by atoms with E-state index >= 15 is 0 Å². The average Bonchev–Trinajstić information content (AvgIpc) is 3.17. The van der Waals surface area contributed by atoms with E-state index in [1.165, 1.54) is 18.5 Å². The summed E-state index contributed by atoms with van der Waals surface area (Å²) in [6.07, 6.45) is 9.81. The van der Waals surface area contributed by atoms with E-state index in [-0.39, 0.29) is 0 Å². The van der Waals surface area contributed by atoms with Gasteiger partial charge in [-0.15, -0.1) is 0 Å². The van der Waals surface area contributed by atoms with Gasteiger partial charge in [-0.3, -0.25) is 9.50 Å². The summed E-state index contributed by atoms with van der Waals surface area (Å²) in [6, 6.07) is 14.1. The van der Waals surface area contributed by atoms with E-state index in [9.17, 15) is 0 Å². The fraction of sp³-hybridized carbons (Fsp3) is 0.143. The van der Waals surface area contributed by atoms with Crippen LogP contribution in [0.2, 0.25) is 0 Å². The highest BCUT2D eigenvalue weighted by atomic mass is 15.3. The monoisotopic (exact) mass is 382 g/mol. The molecule has 1 aromatic carbocycles. The first kappa shape index (κ1) is 16.1. The van der Waals surface area contributed by atoms with Crippen LogP contribution in [-0.4, -0.2) is 34.3 Å². The summed E-state index contributed by atoms with van der Waals surface area (Å²) in [4.78, 5) is 9.32. The number of benzene rings is 1. The summed E-state index contributed by atoms with van der Waals surface area (Å²) in [5, 5.41) is 15.2. The Morgan fingerprint density at radius 1 is 1.03 bits per heavy atom. The van der Waals surface area contributed by atoms with Gasteiger partial charge >= 0.3 is 0 Å². The second kappa shape index (κ2) is 6.30. The lowest BCUT2D eigenvalue weighted by Gasteiger charge is -2.10. The van der Waals surface area contributed by atoms with E-state index in [4.69, 9.17) is 4.98 Å². The Morgan fingerprint density at radius 2 is 2.00 bits per heavy atom. The number of anilines is 2. The van der Waals surface area contributed by atoms with Crippen molar-refractivity contribution in [1.82, 2.24) is 34.3 Å². The minimum atomic E-state index is 0.621. The molecule has 29 heavy (non-hydrogen) atoms. The van der Waals surface area contributed by atoms with Gasteiger partial charge < -0.3 is 5.32 Å². The average molecular weight is 382 g/mol. The van der Waals surface area contributed by atoms with Gasteiger partial charge in [0, 0.05) is 54.1 Å². The van der Waals surface area contributed by atoms with E-state index in [0.29, 0.717) is 11.9 Å². The van der Waals surface area contributed by atoms with Crippen LogP contribution in [0.1, 0.15) is 24.5 Å². The molecule has 5 aromatic rings. The molecule has 1 aliphatic rings. The molecule has 1 aliphatic carbocycles. The number of nitrogens with one attached hydrogen (secondary N) is 2. The predicted octanol–water partition coefficient (Wildman–Crippen LogP) is 3.93. The first-order valence-corrected chi connectivity index (χ1v) is 9.60. The minimum absolute atomic E-state index is 0.621. The van der Waals surface area contributed by atoms with Gasteiger partial charge in [0.2, 0.25) is 5.95 Å². The van der Waals surface area contributed by atoms with Crippen molar-refractivity contribution in [2.75, 3.05) is 5.32 Å². The molecule has 0 unspecified atom stereocenters. The lowest BCUT2D eigenvalue weighted by molar-refractivity contribution is 0.881. The molecule has 0 aliphatic heterocycles. The Kier molecular flexibility index (Phi) is 3.49. The Bertz CT molecular complexity index is 1290. The van der Waals surface area contributed by atoms with Crippen LogP contribution in [0.15, 0.2) is 67.3 Å². The summed E-state index contributed by atoms with van der Waals surface area (Å²) >= 11 is 0. The molecule has 0 bridgehead atoms. The van der Waals surface area contributed by atoms with Crippen molar-refractivity contribution < 1.29 is 0 Å². The van der Waals surface area contributed by atoms with Crippen LogP contribution < -0.4 is 5.32 Å². The van der Waals surface area contributed by atoms with E-state index in [2.05, 4.69) is 37.7 Å². The summed E-state index contributed by atoms with van der Waals surface area (Å²) in [5.41, 5.74) is 4.80. The van der Waals surface area contributed by atoms with Gasteiger partial charge in [-0.1, -0.05) is 12.1 Å². The molecule has 6 rings (SSSR count). The maximum Gasteiger partial charge on any atom is 0.214 e. The number of rotatable bonds is 5. The number of fused-ring (bicyclic) bond motifs is 1. The van der Waals surface area contributed by atoms with Gasteiger partial charge in [0.05, 0.1) is 11.4 Å². The molecule has 0 saturated heterocycles. The number of aromatic nitrogens is 7. The normalized spacial score (nSPS) is 13.8. The fourth-order valence-electron chi connectivity index (χ4n) is 3.51. The molecule has 0 spiro atoms. The molecule has 142 valence electrons. The van der Waals surface area contributed by atoms with E-state index in [1.54, 1.807) is 12.4 Å². The molecular formula is C21H18N8. The quantitative estimate of drug-likeness (QED) is 0.481. The van der Waals surface area contributed by atoms with E-state index < -0.39 is 0 Å². The second-order valence-electron chi connectivity index (χ2n) is 7.23. The number of nitrogens with zero attached hydrogens (tertiary/aromatic N) is 6. The highest BCUT2D eigenvalue weighted by molar-refractivity contribution is 5.69. The van der Waals surface area contributed by atoms with Crippen LogP contribution in [-0.2, 0) is 0 Å². The van der Waals surface area contributed by atoms with Crippen LogP contribution >= 0.6 is 0 Å². The molecule has 1 saturated carbocycles. The Morgan fingerprint density at radius 3 is 2.86 bits per heavy atom. The standard InChI is InChI=1S/C21H18N8/c1-3-15(11-16(4-1)29-9-2-7-23-29)17-13-20-22-8-10-28(20)21(24-17)25-19-12-18(26-27-19)14-5-6-14/h1-4,7-14H,5-6H2,(H2,24,25,26,27). The lowest BCUT2D eigenvalue weighted by Crippen LogP contribution is -2.03. The third-order valence-corrected chi connectivity index (χ3v) is 5.16. The first-order chi connectivity index (χ1) is 14.3. The molecule has 4 aromatic heterocycles. The molecule has 1 fully saturated rings. The van der Waals surface area contributed by atoms with Gasteiger partial charge in [-0.05, 0) is 31.0 Å². The topological polar surface area (TPSA) is 88.7 Å². The molecule has 0 atom stereocenters. The summed E-state index contributed by atoms with van der Waals surface area (Å²) in [6.45, 7) is 0. The van der Waals surface area contributed by atoms with Crippen LogP contribution in [0.3, 0.4) is 0 Å². The second-order valence-corrected chi connectivity index (χ2v) is 7.23. The summed E-state index contributed by atoms with van der Waals surface area (Å²) in [7, 11) is 0. The van der Waals surface area contributed by atoms with Crippen LogP contribution in [0.4, 0.5) is 11.8 Å². The maximum absolute atomic E-state index is 4.86.